The minimum absolute atomic E-state index is 1.09. The molecule has 0 aliphatic rings. The highest BCUT2D eigenvalue weighted by Gasteiger charge is 2.21. The second-order valence-electron chi connectivity index (χ2n) is 13.7. The van der Waals surface area contributed by atoms with Crippen molar-refractivity contribution in [1.29, 1.82) is 0 Å². The van der Waals surface area contributed by atoms with Crippen LogP contribution in [0.3, 0.4) is 0 Å². The summed E-state index contributed by atoms with van der Waals surface area (Å²) in [4.78, 5) is 2.42. The second kappa shape index (κ2) is 13.4. The van der Waals surface area contributed by atoms with Gasteiger partial charge in [0.15, 0.2) is 0 Å². The molecule has 0 aliphatic heterocycles. The van der Waals surface area contributed by atoms with Gasteiger partial charge in [0.05, 0.1) is 16.7 Å². The van der Waals surface area contributed by atoms with Crippen LogP contribution in [0, 0.1) is 0 Å². The van der Waals surface area contributed by atoms with Gasteiger partial charge in [0.2, 0.25) is 0 Å². The number of nitrogens with zero attached hydrogens (tertiary/aromatic N) is 2. The molecular formula is C52H36N2. The highest BCUT2D eigenvalue weighted by Crippen LogP contribution is 2.45. The van der Waals surface area contributed by atoms with Crippen molar-refractivity contribution in [1.82, 2.24) is 4.57 Å². The van der Waals surface area contributed by atoms with Crippen LogP contribution in [0.15, 0.2) is 218 Å². The van der Waals surface area contributed by atoms with E-state index >= 15 is 0 Å². The molecule has 1 heterocycles. The number of hydrogen-bond acceptors (Lipinski definition) is 1. The molecule has 0 aliphatic carbocycles. The largest absolute Gasteiger partial charge is 0.310 e. The summed E-state index contributed by atoms with van der Waals surface area (Å²) >= 11 is 0. The quantitative estimate of drug-likeness (QED) is 0.162. The first kappa shape index (κ1) is 31.6. The second-order valence-corrected chi connectivity index (χ2v) is 13.7. The van der Waals surface area contributed by atoms with Gasteiger partial charge in [0.25, 0.3) is 0 Å². The highest BCUT2D eigenvalue weighted by atomic mass is 15.1. The van der Waals surface area contributed by atoms with E-state index < -0.39 is 0 Å². The molecule has 0 bridgehead atoms. The summed E-state index contributed by atoms with van der Waals surface area (Å²) in [5.41, 5.74) is 14.0. The zero-order valence-electron chi connectivity index (χ0n) is 29.7. The Labute approximate surface area is 315 Å². The van der Waals surface area contributed by atoms with Gasteiger partial charge in [-0.15, -0.1) is 0 Å². The minimum Gasteiger partial charge on any atom is -0.310 e. The Morgan fingerprint density at radius 2 is 0.889 bits per heavy atom. The van der Waals surface area contributed by atoms with Crippen molar-refractivity contribution in [2.24, 2.45) is 0 Å². The maximum absolute atomic E-state index is 2.42. The smallest absolute Gasteiger partial charge is 0.0547 e. The van der Waals surface area contributed by atoms with E-state index in [1.165, 1.54) is 66.0 Å². The predicted octanol–water partition coefficient (Wildman–Crippen LogP) is 14.4. The van der Waals surface area contributed by atoms with Crippen LogP contribution in [0.2, 0.25) is 0 Å². The van der Waals surface area contributed by atoms with Crippen LogP contribution in [0.1, 0.15) is 0 Å². The standard InChI is InChI=1S/C52H36N2/c1-4-16-38(17-5-1)46-25-12-13-28-49(46)53(42-32-30-40(31-33-42)45-26-14-21-37-20-10-11-24-44(37)45)43-34-35-50-48(36-43)52-47(39-18-6-2-7-19-39)27-15-29-51(52)54(50)41-22-8-3-9-23-41/h1-36H. The van der Waals surface area contributed by atoms with E-state index in [-0.39, 0.29) is 0 Å². The Morgan fingerprint density at radius 1 is 0.333 bits per heavy atom. The van der Waals surface area contributed by atoms with Crippen LogP contribution >= 0.6 is 0 Å². The zero-order chi connectivity index (χ0) is 35.8. The van der Waals surface area contributed by atoms with Crippen molar-refractivity contribution in [2.75, 3.05) is 4.90 Å². The Balaban J connectivity index is 1.22. The fourth-order valence-electron chi connectivity index (χ4n) is 8.14. The van der Waals surface area contributed by atoms with Crippen molar-refractivity contribution in [2.45, 2.75) is 0 Å². The molecule has 10 rings (SSSR count). The molecule has 0 radical (unpaired) electrons. The van der Waals surface area contributed by atoms with E-state index in [1.807, 2.05) is 0 Å². The highest BCUT2D eigenvalue weighted by molar-refractivity contribution is 6.17. The maximum Gasteiger partial charge on any atom is 0.0547 e. The molecule has 254 valence electrons. The summed E-state index contributed by atoms with van der Waals surface area (Å²) in [6.45, 7) is 0. The van der Waals surface area contributed by atoms with Crippen LogP contribution in [0.4, 0.5) is 17.1 Å². The van der Waals surface area contributed by atoms with Gasteiger partial charge in [-0.2, -0.15) is 0 Å². The fourth-order valence-corrected chi connectivity index (χ4v) is 8.14. The lowest BCUT2D eigenvalue weighted by Crippen LogP contribution is -2.11. The number of rotatable bonds is 7. The third-order valence-corrected chi connectivity index (χ3v) is 10.6. The first-order valence-corrected chi connectivity index (χ1v) is 18.5. The summed E-state index contributed by atoms with van der Waals surface area (Å²) in [6.07, 6.45) is 0. The van der Waals surface area contributed by atoms with E-state index in [0.29, 0.717) is 0 Å². The molecule has 0 N–H and O–H groups in total. The molecule has 1 aromatic heterocycles. The van der Waals surface area contributed by atoms with Crippen molar-refractivity contribution in [3.63, 3.8) is 0 Å². The predicted molar refractivity (Wildman–Crippen MR) is 229 cm³/mol. The number of fused-ring (bicyclic) bond motifs is 4. The van der Waals surface area contributed by atoms with Crippen molar-refractivity contribution < 1.29 is 0 Å². The van der Waals surface area contributed by atoms with Crippen molar-refractivity contribution in [3.05, 3.63) is 218 Å². The van der Waals surface area contributed by atoms with Crippen molar-refractivity contribution in [3.8, 4) is 39.1 Å². The van der Waals surface area contributed by atoms with E-state index in [1.54, 1.807) is 0 Å². The van der Waals surface area contributed by atoms with Gasteiger partial charge < -0.3 is 9.47 Å². The molecule has 0 unspecified atom stereocenters. The zero-order valence-corrected chi connectivity index (χ0v) is 29.7. The normalized spacial score (nSPS) is 11.3. The molecule has 0 amide bonds. The van der Waals surface area contributed by atoms with Gasteiger partial charge in [0, 0.05) is 33.4 Å². The van der Waals surface area contributed by atoms with E-state index in [9.17, 15) is 0 Å². The Bertz CT molecular complexity index is 2900. The summed E-state index contributed by atoms with van der Waals surface area (Å²) < 4.78 is 2.40. The van der Waals surface area contributed by atoms with E-state index in [4.69, 9.17) is 0 Å². The van der Waals surface area contributed by atoms with Gasteiger partial charge in [-0.3, -0.25) is 0 Å². The molecule has 9 aromatic carbocycles. The van der Waals surface area contributed by atoms with Crippen LogP contribution < -0.4 is 4.90 Å². The van der Waals surface area contributed by atoms with Gasteiger partial charge in [0.1, 0.15) is 0 Å². The third kappa shape index (κ3) is 5.44. The van der Waals surface area contributed by atoms with E-state index in [2.05, 4.69) is 228 Å². The van der Waals surface area contributed by atoms with Crippen LogP contribution in [-0.2, 0) is 0 Å². The van der Waals surface area contributed by atoms with Crippen LogP contribution in [0.5, 0.6) is 0 Å². The van der Waals surface area contributed by atoms with Crippen LogP contribution in [0.25, 0.3) is 71.6 Å². The lowest BCUT2D eigenvalue weighted by Gasteiger charge is -2.28. The van der Waals surface area contributed by atoms with Crippen molar-refractivity contribution >= 4 is 49.6 Å². The summed E-state index contributed by atoms with van der Waals surface area (Å²) in [5, 5.41) is 4.95. The minimum atomic E-state index is 1.09. The summed E-state index contributed by atoms with van der Waals surface area (Å²) in [5.74, 6) is 0. The Kier molecular flexibility index (Phi) is 7.85. The molecule has 0 saturated heterocycles. The number of benzene rings is 9. The molecule has 0 atom stereocenters. The maximum atomic E-state index is 2.42. The lowest BCUT2D eigenvalue weighted by atomic mass is 9.97. The summed E-state index contributed by atoms with van der Waals surface area (Å²) in [6, 6.07) is 78.9. The van der Waals surface area contributed by atoms with Crippen LogP contribution in [-0.4, -0.2) is 4.57 Å². The number of hydrogen-bond donors (Lipinski definition) is 0. The molecular weight excluding hydrogens is 653 g/mol. The number of aromatic nitrogens is 1. The molecule has 0 fully saturated rings. The monoisotopic (exact) mass is 688 g/mol. The van der Waals surface area contributed by atoms with Gasteiger partial charge in [-0.05, 0) is 93.2 Å². The van der Waals surface area contributed by atoms with Gasteiger partial charge in [-0.1, -0.05) is 164 Å². The molecule has 0 spiro atoms. The molecule has 54 heavy (non-hydrogen) atoms. The van der Waals surface area contributed by atoms with Gasteiger partial charge in [-0.25, -0.2) is 0 Å². The number of para-hydroxylation sites is 2. The average Bonchev–Trinajstić information content (AvgIpc) is 3.59. The Hall–Kier alpha value is -7.16. The first-order chi connectivity index (χ1) is 26.8. The molecule has 0 saturated carbocycles. The van der Waals surface area contributed by atoms with E-state index in [0.717, 1.165) is 22.7 Å². The first-order valence-electron chi connectivity index (χ1n) is 18.5. The topological polar surface area (TPSA) is 8.17 Å². The molecule has 2 heteroatoms. The molecule has 2 nitrogen and oxygen atoms in total. The molecule has 10 aromatic rings. The summed E-state index contributed by atoms with van der Waals surface area (Å²) in [7, 11) is 0. The Morgan fingerprint density at radius 3 is 1.67 bits per heavy atom. The lowest BCUT2D eigenvalue weighted by molar-refractivity contribution is 1.18. The SMILES string of the molecule is c1ccc(-c2ccccc2N(c2ccc(-c3cccc4ccccc34)cc2)c2ccc3c(c2)c2c(-c4ccccc4)cccc2n3-c2ccccc2)cc1. The fraction of sp³-hybridized carbons (Fsp3) is 0. The average molecular weight is 689 g/mol. The third-order valence-electron chi connectivity index (χ3n) is 10.6. The van der Waals surface area contributed by atoms with Gasteiger partial charge >= 0.3 is 0 Å². The number of anilines is 3.